The summed E-state index contributed by atoms with van der Waals surface area (Å²) in [6.45, 7) is 3.06. The van der Waals surface area contributed by atoms with Crippen molar-refractivity contribution in [2.24, 2.45) is 5.41 Å². The van der Waals surface area contributed by atoms with Crippen molar-refractivity contribution in [1.82, 2.24) is 4.90 Å². The second-order valence-corrected chi connectivity index (χ2v) is 7.40. The molecule has 1 fully saturated rings. The Morgan fingerprint density at radius 2 is 2.21 bits per heavy atom. The van der Waals surface area contributed by atoms with Gasteiger partial charge in [0.15, 0.2) is 0 Å². The topological polar surface area (TPSA) is 66.8 Å². The van der Waals surface area contributed by atoms with Crippen LogP contribution < -0.4 is 0 Å². The molecule has 1 aliphatic heterocycles. The summed E-state index contributed by atoms with van der Waals surface area (Å²) in [5.74, 6) is 0.281. The molecular formula is C18H25NO4S. The number of ether oxygens (including phenoxy) is 1. The Kier molecular flexibility index (Phi) is 6.69. The van der Waals surface area contributed by atoms with Gasteiger partial charge >= 0.3 is 5.97 Å². The fraction of sp³-hybridized carbons (Fsp3) is 0.556. The first-order chi connectivity index (χ1) is 11.5. The molecule has 0 aliphatic carbocycles. The van der Waals surface area contributed by atoms with Crippen LogP contribution >= 0.6 is 11.8 Å². The van der Waals surface area contributed by atoms with Crippen LogP contribution in [0.4, 0.5) is 0 Å². The Morgan fingerprint density at radius 3 is 2.88 bits per heavy atom. The molecular weight excluding hydrogens is 326 g/mol. The van der Waals surface area contributed by atoms with E-state index in [1.807, 2.05) is 19.1 Å². The number of carboxylic acid groups (broad SMARTS) is 1. The number of likely N-dealkylation sites (tertiary alicyclic amines) is 1. The zero-order chi connectivity index (χ0) is 17.6. The van der Waals surface area contributed by atoms with Crippen LogP contribution in [0.2, 0.25) is 0 Å². The summed E-state index contributed by atoms with van der Waals surface area (Å²) >= 11 is 1.57. The van der Waals surface area contributed by atoms with Crippen LogP contribution in [-0.2, 0) is 20.1 Å². The zero-order valence-electron chi connectivity index (χ0n) is 14.3. The predicted octanol–water partition coefficient (Wildman–Crippen LogP) is 2.57. The molecule has 132 valence electrons. The van der Waals surface area contributed by atoms with E-state index in [1.54, 1.807) is 16.7 Å². The number of rotatable bonds is 7. The van der Waals surface area contributed by atoms with Gasteiger partial charge in [-0.15, -0.1) is 11.8 Å². The summed E-state index contributed by atoms with van der Waals surface area (Å²) in [6.07, 6.45) is 1.25. The molecule has 1 aromatic carbocycles. The molecule has 0 bridgehead atoms. The lowest BCUT2D eigenvalue weighted by molar-refractivity contribution is -0.158. The van der Waals surface area contributed by atoms with Crippen LogP contribution in [0, 0.1) is 12.3 Å². The number of carbonyl (C=O) groups is 2. The van der Waals surface area contributed by atoms with E-state index in [4.69, 9.17) is 4.74 Å². The van der Waals surface area contributed by atoms with Gasteiger partial charge in [0.2, 0.25) is 5.91 Å². The number of hydrogen-bond acceptors (Lipinski definition) is 4. The van der Waals surface area contributed by atoms with E-state index in [0.717, 1.165) is 5.75 Å². The summed E-state index contributed by atoms with van der Waals surface area (Å²) < 4.78 is 5.10. The van der Waals surface area contributed by atoms with E-state index in [0.29, 0.717) is 25.1 Å². The van der Waals surface area contributed by atoms with Gasteiger partial charge < -0.3 is 14.7 Å². The number of nitrogens with zero attached hydrogens (tertiary/aromatic N) is 1. The van der Waals surface area contributed by atoms with Crippen LogP contribution in [-0.4, -0.2) is 54.4 Å². The van der Waals surface area contributed by atoms with Crippen LogP contribution in [0.15, 0.2) is 24.3 Å². The van der Waals surface area contributed by atoms with Crippen molar-refractivity contribution < 1.29 is 19.4 Å². The third kappa shape index (κ3) is 4.74. The maximum atomic E-state index is 12.4. The second kappa shape index (κ2) is 8.53. The largest absolute Gasteiger partial charge is 0.481 e. The monoisotopic (exact) mass is 351 g/mol. The van der Waals surface area contributed by atoms with Crippen LogP contribution in [0.5, 0.6) is 0 Å². The minimum absolute atomic E-state index is 0.00841. The zero-order valence-corrected chi connectivity index (χ0v) is 15.1. The number of carboxylic acids is 1. The Hall–Kier alpha value is -1.53. The van der Waals surface area contributed by atoms with Crippen molar-refractivity contribution in [2.45, 2.75) is 25.5 Å². The molecule has 24 heavy (non-hydrogen) atoms. The molecule has 1 aromatic rings. The number of piperidine rings is 1. The average Bonchev–Trinajstić information content (AvgIpc) is 2.55. The van der Waals surface area contributed by atoms with Gasteiger partial charge in [0.1, 0.15) is 5.41 Å². The van der Waals surface area contributed by atoms with Gasteiger partial charge in [0.25, 0.3) is 0 Å². The van der Waals surface area contributed by atoms with E-state index in [9.17, 15) is 14.7 Å². The average molecular weight is 351 g/mol. The molecule has 1 atom stereocenters. The van der Waals surface area contributed by atoms with E-state index >= 15 is 0 Å². The first-order valence-electron chi connectivity index (χ1n) is 8.10. The molecule has 1 N–H and O–H groups in total. The number of hydrogen-bond donors (Lipinski definition) is 1. The Bertz CT molecular complexity index is 588. The molecule has 0 radical (unpaired) electrons. The van der Waals surface area contributed by atoms with Gasteiger partial charge in [-0.3, -0.25) is 9.59 Å². The van der Waals surface area contributed by atoms with Crippen molar-refractivity contribution in [3.63, 3.8) is 0 Å². The van der Waals surface area contributed by atoms with Crippen molar-refractivity contribution in [2.75, 3.05) is 32.6 Å². The lowest BCUT2D eigenvalue weighted by atomic mass is 9.80. The highest BCUT2D eigenvalue weighted by molar-refractivity contribution is 7.99. The van der Waals surface area contributed by atoms with Gasteiger partial charge in [-0.1, -0.05) is 29.8 Å². The van der Waals surface area contributed by atoms with Gasteiger partial charge in [0.05, 0.1) is 12.4 Å². The number of carbonyl (C=O) groups excluding carboxylic acids is 1. The molecule has 2 rings (SSSR count). The molecule has 1 amide bonds. The van der Waals surface area contributed by atoms with Crippen molar-refractivity contribution in [1.29, 1.82) is 0 Å². The standard InChI is InChI=1S/C18H25NO4S/c1-14-5-3-6-15(9-14)10-24-11-16(20)19-8-4-7-18(12-19,13-23-2)17(21)22/h3,5-6,9H,4,7-8,10-13H2,1-2H3,(H,21,22). The molecule has 1 saturated heterocycles. The Morgan fingerprint density at radius 1 is 1.42 bits per heavy atom. The maximum Gasteiger partial charge on any atom is 0.313 e. The fourth-order valence-electron chi connectivity index (χ4n) is 3.12. The lowest BCUT2D eigenvalue weighted by Crippen LogP contribution is -2.52. The van der Waals surface area contributed by atoms with Crippen molar-refractivity contribution >= 4 is 23.6 Å². The number of aryl methyl sites for hydroxylation is 1. The van der Waals surface area contributed by atoms with Crippen molar-refractivity contribution in [3.05, 3.63) is 35.4 Å². The van der Waals surface area contributed by atoms with Gasteiger partial charge in [0, 0.05) is 26.0 Å². The minimum atomic E-state index is -0.968. The van der Waals surface area contributed by atoms with Gasteiger partial charge in [-0.2, -0.15) is 0 Å². The second-order valence-electron chi connectivity index (χ2n) is 6.42. The SMILES string of the molecule is COCC1(C(=O)O)CCCN(C(=O)CSCc2cccc(C)c2)C1. The molecule has 0 aromatic heterocycles. The number of benzene rings is 1. The highest BCUT2D eigenvalue weighted by Crippen LogP contribution is 2.31. The summed E-state index contributed by atoms with van der Waals surface area (Å²) in [5.41, 5.74) is 1.44. The van der Waals surface area contributed by atoms with Crippen molar-refractivity contribution in [3.8, 4) is 0 Å². The fourth-order valence-corrected chi connectivity index (χ4v) is 4.00. The molecule has 6 heteroatoms. The van der Waals surface area contributed by atoms with Crippen LogP contribution in [0.25, 0.3) is 0 Å². The maximum absolute atomic E-state index is 12.4. The number of thioether (sulfide) groups is 1. The first-order valence-corrected chi connectivity index (χ1v) is 9.26. The Balaban J connectivity index is 1.88. The lowest BCUT2D eigenvalue weighted by Gasteiger charge is -2.39. The van der Waals surface area contributed by atoms with E-state index in [1.165, 1.54) is 18.2 Å². The summed E-state index contributed by atoms with van der Waals surface area (Å²) in [4.78, 5) is 25.8. The normalized spacial score (nSPS) is 20.8. The number of methoxy groups -OCH3 is 1. The third-order valence-corrected chi connectivity index (χ3v) is 5.37. The molecule has 0 spiro atoms. The van der Waals surface area contributed by atoms with Crippen LogP contribution in [0.3, 0.4) is 0 Å². The highest BCUT2D eigenvalue weighted by atomic mass is 32.2. The molecule has 1 unspecified atom stereocenters. The summed E-state index contributed by atoms with van der Waals surface area (Å²) in [6, 6.07) is 8.24. The summed E-state index contributed by atoms with van der Waals surface area (Å²) in [7, 11) is 1.50. The molecule has 0 saturated carbocycles. The van der Waals surface area contributed by atoms with E-state index in [2.05, 4.69) is 12.1 Å². The van der Waals surface area contributed by atoms with Gasteiger partial charge in [-0.05, 0) is 25.3 Å². The Labute approximate surface area is 147 Å². The first kappa shape index (κ1) is 18.8. The van der Waals surface area contributed by atoms with E-state index < -0.39 is 11.4 Å². The predicted molar refractivity (Wildman–Crippen MR) is 95.1 cm³/mol. The summed E-state index contributed by atoms with van der Waals surface area (Å²) in [5, 5.41) is 9.55. The quantitative estimate of drug-likeness (QED) is 0.818. The van der Waals surface area contributed by atoms with Gasteiger partial charge in [-0.25, -0.2) is 0 Å². The molecule has 1 heterocycles. The number of aliphatic carboxylic acids is 1. The third-order valence-electron chi connectivity index (χ3n) is 4.38. The van der Waals surface area contributed by atoms with Crippen LogP contribution in [0.1, 0.15) is 24.0 Å². The smallest absolute Gasteiger partial charge is 0.313 e. The molecule has 5 nitrogen and oxygen atoms in total. The molecule has 1 aliphatic rings. The number of amides is 1. The minimum Gasteiger partial charge on any atom is -0.481 e. The highest BCUT2D eigenvalue weighted by Gasteiger charge is 2.43. The van der Waals surface area contributed by atoms with E-state index in [-0.39, 0.29) is 19.1 Å².